The smallest absolute Gasteiger partial charge is 0.410 e. The van der Waals surface area contributed by atoms with Gasteiger partial charge in [-0.25, -0.2) is 23.5 Å². The van der Waals surface area contributed by atoms with E-state index in [1.165, 1.54) is 12.4 Å². The summed E-state index contributed by atoms with van der Waals surface area (Å²) in [6.07, 6.45) is 1.99. The molecule has 1 aromatic carbocycles. The third-order valence-corrected chi connectivity index (χ3v) is 4.78. The average molecular weight is 401 g/mol. The van der Waals surface area contributed by atoms with Gasteiger partial charge in [-0.3, -0.25) is 0 Å². The van der Waals surface area contributed by atoms with Crippen LogP contribution in [-0.4, -0.2) is 46.5 Å². The molecule has 7 nitrogen and oxygen atoms in total. The van der Waals surface area contributed by atoms with Crippen molar-refractivity contribution in [2.75, 3.05) is 25.0 Å². The van der Waals surface area contributed by atoms with Crippen LogP contribution in [0.5, 0.6) is 0 Å². The van der Waals surface area contributed by atoms with Crippen LogP contribution in [0, 0.1) is 24.2 Å². The van der Waals surface area contributed by atoms with Crippen LogP contribution in [0.25, 0.3) is 0 Å². The van der Waals surface area contributed by atoms with Gasteiger partial charge in [-0.2, -0.15) is 5.26 Å². The molecule has 0 saturated carbocycles. The number of benzene rings is 1. The van der Waals surface area contributed by atoms with Gasteiger partial charge < -0.3 is 15.0 Å². The molecule has 2 heterocycles. The van der Waals surface area contributed by atoms with E-state index in [1.54, 1.807) is 0 Å². The van der Waals surface area contributed by atoms with Gasteiger partial charge in [0.15, 0.2) is 5.69 Å². The van der Waals surface area contributed by atoms with Crippen LogP contribution in [0.4, 0.5) is 19.4 Å². The maximum Gasteiger partial charge on any atom is 0.410 e. The second-order valence-corrected chi connectivity index (χ2v) is 6.99. The van der Waals surface area contributed by atoms with Crippen molar-refractivity contribution in [2.45, 2.75) is 25.9 Å². The monoisotopic (exact) mass is 401 g/mol. The molecule has 1 fully saturated rings. The number of hydrogen-bond acceptors (Lipinski definition) is 6. The van der Waals surface area contributed by atoms with Gasteiger partial charge in [-0.15, -0.1) is 0 Å². The van der Waals surface area contributed by atoms with E-state index in [1.807, 2.05) is 37.3 Å². The second kappa shape index (κ2) is 8.82. The van der Waals surface area contributed by atoms with Gasteiger partial charge in [0.25, 0.3) is 5.92 Å². The van der Waals surface area contributed by atoms with Crippen molar-refractivity contribution in [3.63, 3.8) is 0 Å². The molecule has 0 aliphatic carbocycles. The molecule has 29 heavy (non-hydrogen) atoms. The van der Waals surface area contributed by atoms with Gasteiger partial charge in [0.2, 0.25) is 0 Å². The summed E-state index contributed by atoms with van der Waals surface area (Å²) in [7, 11) is 0. The number of aryl methyl sites for hydroxylation is 1. The van der Waals surface area contributed by atoms with Crippen molar-refractivity contribution in [3.05, 3.63) is 53.5 Å². The lowest BCUT2D eigenvalue weighted by atomic mass is 9.93. The molecule has 1 atom stereocenters. The Bertz CT molecular complexity index is 881. The highest BCUT2D eigenvalue weighted by atomic mass is 19.3. The Morgan fingerprint density at radius 1 is 1.34 bits per heavy atom. The van der Waals surface area contributed by atoms with Gasteiger partial charge in [0.1, 0.15) is 18.5 Å². The first-order chi connectivity index (χ1) is 13.9. The standard InChI is InChI=1S/C20H21F2N5O2/c1-14-2-4-15(5-3-14)12-29-19(28)27-7-6-16(20(21,22)13-27)9-25-18-11-24-17(8-23)10-26-18/h2-5,10-11,16H,6-7,9,12-13H2,1H3,(H,25,26)/t16-/m0/s1. The molecule has 3 rings (SSSR count). The number of aromatic nitrogens is 2. The van der Waals surface area contributed by atoms with E-state index >= 15 is 0 Å². The molecular weight excluding hydrogens is 380 g/mol. The minimum Gasteiger partial charge on any atom is -0.445 e. The summed E-state index contributed by atoms with van der Waals surface area (Å²) < 4.78 is 34.3. The zero-order valence-corrected chi connectivity index (χ0v) is 15.9. The predicted octanol–water partition coefficient (Wildman–Crippen LogP) is 3.36. The van der Waals surface area contributed by atoms with Crippen LogP contribution in [0.15, 0.2) is 36.7 Å². The van der Waals surface area contributed by atoms with E-state index in [-0.39, 0.29) is 31.8 Å². The van der Waals surface area contributed by atoms with Crippen molar-refractivity contribution < 1.29 is 18.3 Å². The molecule has 2 aromatic rings. The van der Waals surface area contributed by atoms with Crippen LogP contribution in [0.3, 0.4) is 0 Å². The van der Waals surface area contributed by atoms with Crippen LogP contribution in [0.1, 0.15) is 23.2 Å². The van der Waals surface area contributed by atoms with Crippen molar-refractivity contribution in [3.8, 4) is 6.07 Å². The number of carbonyl (C=O) groups excluding carboxylic acids is 1. The highest BCUT2D eigenvalue weighted by molar-refractivity contribution is 5.68. The first-order valence-electron chi connectivity index (χ1n) is 9.18. The summed E-state index contributed by atoms with van der Waals surface area (Å²) in [5.74, 6) is -3.70. The lowest BCUT2D eigenvalue weighted by Crippen LogP contribution is -2.52. The molecule has 1 saturated heterocycles. The molecular formula is C20H21F2N5O2. The number of carbonyl (C=O) groups is 1. The Morgan fingerprint density at radius 3 is 2.72 bits per heavy atom. The maximum atomic E-state index is 14.5. The lowest BCUT2D eigenvalue weighted by Gasteiger charge is -2.37. The molecule has 152 valence electrons. The van der Waals surface area contributed by atoms with E-state index in [0.717, 1.165) is 16.0 Å². The highest BCUT2D eigenvalue weighted by Crippen LogP contribution is 2.33. The minimum atomic E-state index is -3.06. The minimum absolute atomic E-state index is 0.0141. The fourth-order valence-electron chi connectivity index (χ4n) is 3.02. The fraction of sp³-hybridized carbons (Fsp3) is 0.400. The molecule has 1 aliphatic heterocycles. The third-order valence-electron chi connectivity index (χ3n) is 4.78. The Labute approximate surface area is 167 Å². The Morgan fingerprint density at radius 2 is 2.10 bits per heavy atom. The van der Waals surface area contributed by atoms with Gasteiger partial charge in [-0.05, 0) is 18.9 Å². The summed E-state index contributed by atoms with van der Waals surface area (Å²) in [6.45, 7) is 1.48. The molecule has 0 bridgehead atoms. The molecule has 1 aromatic heterocycles. The fourth-order valence-corrected chi connectivity index (χ4v) is 3.02. The zero-order valence-electron chi connectivity index (χ0n) is 15.9. The lowest BCUT2D eigenvalue weighted by molar-refractivity contribution is -0.101. The number of anilines is 1. The Hall–Kier alpha value is -3.28. The maximum absolute atomic E-state index is 14.5. The summed E-state index contributed by atoms with van der Waals surface area (Å²) in [4.78, 5) is 21.0. The number of rotatable bonds is 5. The van der Waals surface area contributed by atoms with Crippen molar-refractivity contribution in [2.24, 2.45) is 5.92 Å². The summed E-state index contributed by atoms with van der Waals surface area (Å²) in [5.41, 5.74) is 2.04. The normalized spacial score (nSPS) is 18.0. The Balaban J connectivity index is 1.50. The van der Waals surface area contributed by atoms with Crippen LogP contribution in [-0.2, 0) is 11.3 Å². The number of ether oxygens (including phenoxy) is 1. The number of hydrogen-bond donors (Lipinski definition) is 1. The number of nitrogens with one attached hydrogen (secondary N) is 1. The summed E-state index contributed by atoms with van der Waals surface area (Å²) in [6, 6.07) is 9.30. The van der Waals surface area contributed by atoms with Gasteiger partial charge in [0.05, 0.1) is 18.9 Å². The van der Waals surface area contributed by atoms with E-state index in [9.17, 15) is 13.6 Å². The first-order valence-corrected chi connectivity index (χ1v) is 9.18. The highest BCUT2D eigenvalue weighted by Gasteiger charge is 2.46. The summed E-state index contributed by atoms with van der Waals surface area (Å²) in [5, 5.41) is 11.5. The van der Waals surface area contributed by atoms with Gasteiger partial charge in [0, 0.05) is 19.0 Å². The number of nitrogens with zero attached hydrogens (tertiary/aromatic N) is 4. The number of alkyl halides is 2. The molecule has 1 N–H and O–H groups in total. The molecule has 0 radical (unpaired) electrons. The number of piperidine rings is 1. The van der Waals surface area contributed by atoms with Crippen LogP contribution < -0.4 is 5.32 Å². The number of likely N-dealkylation sites (tertiary alicyclic amines) is 1. The van der Waals surface area contributed by atoms with E-state index in [4.69, 9.17) is 10.00 Å². The molecule has 1 aliphatic rings. The van der Waals surface area contributed by atoms with Crippen molar-refractivity contribution in [1.82, 2.24) is 14.9 Å². The zero-order chi connectivity index (χ0) is 20.9. The molecule has 9 heteroatoms. The Kier molecular flexibility index (Phi) is 6.22. The van der Waals surface area contributed by atoms with Crippen molar-refractivity contribution >= 4 is 11.9 Å². The number of halogens is 2. The predicted molar refractivity (Wildman–Crippen MR) is 101 cm³/mol. The SMILES string of the molecule is Cc1ccc(COC(=O)N2CC[C@@H](CNc3cnc(C#N)cn3)C(F)(F)C2)cc1. The van der Waals surface area contributed by atoms with Crippen LogP contribution in [0.2, 0.25) is 0 Å². The molecule has 0 spiro atoms. The van der Waals surface area contributed by atoms with E-state index in [2.05, 4.69) is 15.3 Å². The van der Waals surface area contributed by atoms with E-state index < -0.39 is 24.5 Å². The van der Waals surface area contributed by atoms with Gasteiger partial charge >= 0.3 is 6.09 Å². The van der Waals surface area contributed by atoms with Gasteiger partial charge in [-0.1, -0.05) is 29.8 Å². The average Bonchev–Trinajstić information content (AvgIpc) is 2.72. The quantitative estimate of drug-likeness (QED) is 0.826. The molecule has 1 amide bonds. The second-order valence-electron chi connectivity index (χ2n) is 6.99. The third kappa shape index (κ3) is 5.38. The number of amides is 1. The molecule has 0 unspecified atom stereocenters. The largest absolute Gasteiger partial charge is 0.445 e. The summed E-state index contributed by atoms with van der Waals surface area (Å²) >= 11 is 0. The van der Waals surface area contributed by atoms with Crippen molar-refractivity contribution in [1.29, 1.82) is 5.26 Å². The number of nitriles is 1. The topological polar surface area (TPSA) is 91.1 Å². The van der Waals surface area contributed by atoms with Crippen LogP contribution >= 0.6 is 0 Å². The van der Waals surface area contributed by atoms with E-state index in [0.29, 0.717) is 5.82 Å². The first kappa shape index (κ1) is 20.5.